The van der Waals surface area contributed by atoms with E-state index >= 15 is 0 Å². The summed E-state index contributed by atoms with van der Waals surface area (Å²) in [4.78, 5) is 16.6. The molecule has 0 bridgehead atoms. The van der Waals surface area contributed by atoms with Gasteiger partial charge < -0.3 is 14.4 Å². The van der Waals surface area contributed by atoms with Crippen LogP contribution in [0.1, 0.15) is 30.4 Å². The summed E-state index contributed by atoms with van der Waals surface area (Å²) in [6.45, 7) is 7.46. The summed E-state index contributed by atoms with van der Waals surface area (Å²) in [5.41, 5.74) is 1.26. The van der Waals surface area contributed by atoms with Crippen molar-refractivity contribution < 1.29 is 22.7 Å². The van der Waals surface area contributed by atoms with Crippen LogP contribution in [0.2, 0.25) is 0 Å². The molecular weight excluding hydrogens is 442 g/mol. The lowest BCUT2D eigenvalue weighted by Crippen LogP contribution is -2.34. The van der Waals surface area contributed by atoms with Crippen molar-refractivity contribution in [1.82, 2.24) is 14.1 Å². The highest BCUT2D eigenvalue weighted by Gasteiger charge is 2.25. The van der Waals surface area contributed by atoms with Crippen molar-refractivity contribution in [2.24, 2.45) is 0 Å². The number of hydrogen-bond donors (Lipinski definition) is 0. The summed E-state index contributed by atoms with van der Waals surface area (Å²) in [6.07, 6.45) is 7.96. The standard InChI is InChI=1S/C24H39N3O5S/c1-20-17-22(31-5)18-21(2)24(20)33(29,30)26(4)15-16-32-19-23(28)25(3)11-9-10-14-27-12-7-6-8-13-27/h9-10,17-18H,6-8,11-16,19H2,1-5H3/b10-9+. The van der Waals surface area contributed by atoms with Crippen LogP contribution in [0.5, 0.6) is 5.75 Å². The zero-order valence-corrected chi connectivity index (χ0v) is 21.5. The van der Waals surface area contributed by atoms with Crippen LogP contribution in [-0.4, -0.2) is 95.6 Å². The monoisotopic (exact) mass is 481 g/mol. The maximum atomic E-state index is 13.0. The Kier molecular flexibility index (Phi) is 10.8. The predicted molar refractivity (Wildman–Crippen MR) is 130 cm³/mol. The summed E-state index contributed by atoms with van der Waals surface area (Å²) < 4.78 is 38.0. The van der Waals surface area contributed by atoms with E-state index in [0.29, 0.717) is 23.4 Å². The van der Waals surface area contributed by atoms with Crippen molar-refractivity contribution in [2.45, 2.75) is 38.0 Å². The molecule has 1 aliphatic rings. The van der Waals surface area contributed by atoms with Gasteiger partial charge in [-0.25, -0.2) is 8.42 Å². The van der Waals surface area contributed by atoms with Gasteiger partial charge >= 0.3 is 0 Å². The molecule has 1 fully saturated rings. The third kappa shape index (κ3) is 8.10. The highest BCUT2D eigenvalue weighted by Crippen LogP contribution is 2.27. The molecule has 1 amide bonds. The molecule has 0 aliphatic carbocycles. The number of amides is 1. The Labute approximate surface area is 199 Å². The number of aryl methyl sites for hydroxylation is 2. The van der Waals surface area contributed by atoms with Crippen molar-refractivity contribution >= 4 is 15.9 Å². The molecule has 1 aromatic rings. The van der Waals surface area contributed by atoms with E-state index in [2.05, 4.69) is 11.0 Å². The smallest absolute Gasteiger partial charge is 0.248 e. The van der Waals surface area contributed by atoms with Gasteiger partial charge in [0, 0.05) is 33.7 Å². The van der Waals surface area contributed by atoms with Gasteiger partial charge in [-0.3, -0.25) is 9.69 Å². The fourth-order valence-corrected chi connectivity index (χ4v) is 5.43. The number of carbonyl (C=O) groups is 1. The van der Waals surface area contributed by atoms with Crippen molar-refractivity contribution in [3.05, 3.63) is 35.4 Å². The number of nitrogens with zero attached hydrogens (tertiary/aromatic N) is 3. The number of ether oxygens (including phenoxy) is 2. The lowest BCUT2D eigenvalue weighted by atomic mass is 10.1. The summed E-state index contributed by atoms with van der Waals surface area (Å²) in [6, 6.07) is 3.42. The molecule has 186 valence electrons. The van der Waals surface area contributed by atoms with E-state index in [-0.39, 0.29) is 30.6 Å². The maximum Gasteiger partial charge on any atom is 0.248 e. The molecule has 0 unspecified atom stereocenters. The number of rotatable bonds is 12. The van der Waals surface area contributed by atoms with Crippen LogP contribution < -0.4 is 4.74 Å². The van der Waals surface area contributed by atoms with Gasteiger partial charge in [0.25, 0.3) is 0 Å². The second-order valence-electron chi connectivity index (χ2n) is 8.58. The van der Waals surface area contributed by atoms with Gasteiger partial charge in [0.05, 0.1) is 18.6 Å². The van der Waals surface area contributed by atoms with Crippen LogP contribution in [0, 0.1) is 13.8 Å². The fourth-order valence-electron chi connectivity index (χ4n) is 3.87. The summed E-state index contributed by atoms with van der Waals surface area (Å²) in [5, 5.41) is 0. The molecule has 0 aromatic heterocycles. The molecule has 1 saturated heterocycles. The molecule has 0 spiro atoms. The Hall–Kier alpha value is -1.94. The largest absolute Gasteiger partial charge is 0.497 e. The zero-order chi connectivity index (χ0) is 24.4. The third-order valence-corrected chi connectivity index (χ3v) is 8.06. The van der Waals surface area contributed by atoms with Gasteiger partial charge in [-0.1, -0.05) is 18.6 Å². The van der Waals surface area contributed by atoms with Crippen molar-refractivity contribution in [3.8, 4) is 5.75 Å². The zero-order valence-electron chi connectivity index (χ0n) is 20.7. The van der Waals surface area contributed by atoms with Crippen LogP contribution in [0.3, 0.4) is 0 Å². The van der Waals surface area contributed by atoms with Crippen LogP contribution >= 0.6 is 0 Å². The van der Waals surface area contributed by atoms with E-state index in [4.69, 9.17) is 9.47 Å². The fraction of sp³-hybridized carbons (Fsp3) is 0.625. The summed E-state index contributed by atoms with van der Waals surface area (Å²) in [5.74, 6) is 0.490. The highest BCUT2D eigenvalue weighted by molar-refractivity contribution is 7.89. The molecule has 8 nitrogen and oxygen atoms in total. The van der Waals surface area contributed by atoms with Crippen LogP contribution in [0.15, 0.2) is 29.2 Å². The van der Waals surface area contributed by atoms with E-state index in [1.54, 1.807) is 45.0 Å². The summed E-state index contributed by atoms with van der Waals surface area (Å²) in [7, 11) is 1.13. The quantitative estimate of drug-likeness (QED) is 0.337. The lowest BCUT2D eigenvalue weighted by molar-refractivity contribution is -0.134. The van der Waals surface area contributed by atoms with Gasteiger partial charge in [-0.05, 0) is 63.0 Å². The normalized spacial score (nSPS) is 15.3. The molecule has 2 rings (SSSR count). The molecule has 1 aliphatic heterocycles. The average molecular weight is 482 g/mol. The second kappa shape index (κ2) is 13.1. The van der Waals surface area contributed by atoms with Crippen LogP contribution in [-0.2, 0) is 19.6 Å². The number of benzene rings is 1. The molecule has 9 heteroatoms. The van der Waals surface area contributed by atoms with Gasteiger partial charge in [-0.2, -0.15) is 4.31 Å². The Morgan fingerprint density at radius 3 is 2.33 bits per heavy atom. The van der Waals surface area contributed by atoms with E-state index < -0.39 is 10.0 Å². The predicted octanol–water partition coefficient (Wildman–Crippen LogP) is 2.45. The van der Waals surface area contributed by atoms with Crippen LogP contribution in [0.25, 0.3) is 0 Å². The molecular formula is C24H39N3O5S. The minimum atomic E-state index is -3.68. The first kappa shape index (κ1) is 27.3. The van der Waals surface area contributed by atoms with Gasteiger partial charge in [0.1, 0.15) is 12.4 Å². The SMILES string of the molecule is COc1cc(C)c(S(=O)(=O)N(C)CCOCC(=O)N(C)C/C=C/CN2CCCCC2)c(C)c1. The van der Waals surface area contributed by atoms with Crippen molar-refractivity contribution in [2.75, 3.05) is 67.1 Å². The van der Waals surface area contributed by atoms with Gasteiger partial charge in [0.2, 0.25) is 15.9 Å². The number of sulfonamides is 1. The van der Waals surface area contributed by atoms with E-state index in [9.17, 15) is 13.2 Å². The number of carbonyl (C=O) groups excluding carboxylic acids is 1. The second-order valence-corrected chi connectivity index (χ2v) is 10.6. The molecule has 1 heterocycles. The minimum absolute atomic E-state index is 0.0784. The topological polar surface area (TPSA) is 79.4 Å². The lowest BCUT2D eigenvalue weighted by Gasteiger charge is -2.25. The molecule has 0 N–H and O–H groups in total. The van der Waals surface area contributed by atoms with Crippen LogP contribution in [0.4, 0.5) is 0 Å². The van der Waals surface area contributed by atoms with Crippen molar-refractivity contribution in [3.63, 3.8) is 0 Å². The number of hydrogen-bond acceptors (Lipinski definition) is 6. The number of likely N-dealkylation sites (tertiary alicyclic amines) is 1. The first-order chi connectivity index (χ1) is 15.7. The van der Waals surface area contributed by atoms with Crippen molar-refractivity contribution in [1.29, 1.82) is 0 Å². The Balaban J connectivity index is 1.75. The molecule has 0 saturated carbocycles. The van der Waals surface area contributed by atoms with Gasteiger partial charge in [-0.15, -0.1) is 0 Å². The molecule has 33 heavy (non-hydrogen) atoms. The first-order valence-electron chi connectivity index (χ1n) is 11.5. The first-order valence-corrected chi connectivity index (χ1v) is 12.9. The Morgan fingerprint density at radius 1 is 1.09 bits per heavy atom. The number of piperidine rings is 1. The maximum absolute atomic E-state index is 13.0. The molecule has 1 aromatic carbocycles. The van der Waals surface area contributed by atoms with E-state index in [0.717, 1.165) is 19.6 Å². The molecule has 0 radical (unpaired) electrons. The molecule has 0 atom stereocenters. The van der Waals surface area contributed by atoms with Gasteiger partial charge in [0.15, 0.2) is 0 Å². The number of methoxy groups -OCH3 is 1. The Bertz CT molecular complexity index is 888. The average Bonchev–Trinajstić information content (AvgIpc) is 2.78. The summed E-state index contributed by atoms with van der Waals surface area (Å²) >= 11 is 0. The minimum Gasteiger partial charge on any atom is -0.497 e. The Morgan fingerprint density at radius 2 is 1.73 bits per heavy atom. The third-order valence-electron chi connectivity index (χ3n) is 5.90. The number of likely N-dealkylation sites (N-methyl/N-ethyl adjacent to an activating group) is 2. The van der Waals surface area contributed by atoms with E-state index in [1.165, 1.54) is 30.6 Å². The van der Waals surface area contributed by atoms with E-state index in [1.807, 2.05) is 6.08 Å². The highest BCUT2D eigenvalue weighted by atomic mass is 32.2.